The Labute approximate surface area is 143 Å². The molecule has 1 N–H and O–H groups in total. The highest BCUT2D eigenvalue weighted by Crippen LogP contribution is 2.18. The number of nitrogens with zero attached hydrogens (tertiary/aromatic N) is 1. The fourth-order valence-electron chi connectivity index (χ4n) is 2.26. The van der Waals surface area contributed by atoms with Gasteiger partial charge in [0.25, 0.3) is 5.91 Å². The Morgan fingerprint density at radius 1 is 1.17 bits per heavy atom. The van der Waals surface area contributed by atoms with Crippen LogP contribution < -0.4 is 10.2 Å². The first-order valence-electron chi connectivity index (χ1n) is 8.22. The predicted octanol–water partition coefficient (Wildman–Crippen LogP) is 3.90. The van der Waals surface area contributed by atoms with Crippen LogP contribution in [0.15, 0.2) is 53.6 Å². The molecule has 0 bridgehead atoms. The molecule has 2 aromatic rings. The molecular weight excluding hydrogens is 300 g/mol. The average molecular weight is 324 g/mol. The molecule has 2 aromatic carbocycles. The lowest BCUT2D eigenvalue weighted by molar-refractivity contribution is -0.123. The molecule has 24 heavy (non-hydrogen) atoms. The topological polar surface area (TPSA) is 50.7 Å². The molecule has 0 aliphatic heterocycles. The maximum atomic E-state index is 11.8. The zero-order valence-electron chi connectivity index (χ0n) is 14.5. The number of hydrogen-bond acceptors (Lipinski definition) is 3. The highest BCUT2D eigenvalue weighted by atomic mass is 16.5. The van der Waals surface area contributed by atoms with Crippen LogP contribution in [-0.2, 0) is 11.2 Å². The van der Waals surface area contributed by atoms with Gasteiger partial charge in [-0.2, -0.15) is 5.10 Å². The van der Waals surface area contributed by atoms with Crippen LogP contribution in [0.5, 0.6) is 5.75 Å². The van der Waals surface area contributed by atoms with Crippen molar-refractivity contribution in [1.29, 1.82) is 0 Å². The monoisotopic (exact) mass is 324 g/mol. The first-order chi connectivity index (χ1) is 11.6. The minimum atomic E-state index is -0.282. The first-order valence-corrected chi connectivity index (χ1v) is 8.22. The van der Waals surface area contributed by atoms with Crippen molar-refractivity contribution in [3.8, 4) is 5.75 Å². The average Bonchev–Trinajstić information content (AvgIpc) is 2.60. The Morgan fingerprint density at radius 2 is 1.88 bits per heavy atom. The largest absolute Gasteiger partial charge is 0.483 e. The molecule has 1 amide bonds. The smallest absolute Gasteiger partial charge is 0.277 e. The van der Waals surface area contributed by atoms with Gasteiger partial charge in [0.1, 0.15) is 5.75 Å². The van der Waals surface area contributed by atoms with Crippen LogP contribution in [0, 0.1) is 0 Å². The van der Waals surface area contributed by atoms with Gasteiger partial charge in [0.05, 0.1) is 6.21 Å². The van der Waals surface area contributed by atoms with Crippen LogP contribution >= 0.6 is 0 Å². The molecule has 0 radical (unpaired) electrons. The van der Waals surface area contributed by atoms with Crippen molar-refractivity contribution in [2.24, 2.45) is 5.10 Å². The van der Waals surface area contributed by atoms with Gasteiger partial charge in [-0.25, -0.2) is 5.43 Å². The van der Waals surface area contributed by atoms with E-state index in [0.717, 1.165) is 23.3 Å². The SMILES string of the molecule is CCc1ccccc1OCC(=O)N/N=C\c1ccc(C(C)C)cc1. The normalized spacial score (nSPS) is 11.0. The molecule has 0 saturated heterocycles. The lowest BCUT2D eigenvalue weighted by Gasteiger charge is -2.09. The Balaban J connectivity index is 1.82. The summed E-state index contributed by atoms with van der Waals surface area (Å²) >= 11 is 0. The summed E-state index contributed by atoms with van der Waals surface area (Å²) in [5.74, 6) is 0.957. The van der Waals surface area contributed by atoms with E-state index in [0.29, 0.717) is 5.92 Å². The zero-order chi connectivity index (χ0) is 17.4. The molecule has 0 saturated carbocycles. The Kier molecular flexibility index (Phi) is 6.55. The van der Waals surface area contributed by atoms with Crippen molar-refractivity contribution in [2.75, 3.05) is 6.61 Å². The molecule has 126 valence electrons. The number of rotatable bonds is 7. The lowest BCUT2D eigenvalue weighted by atomic mass is 10.0. The fraction of sp³-hybridized carbons (Fsp3) is 0.300. The minimum absolute atomic E-state index is 0.0549. The fourth-order valence-corrected chi connectivity index (χ4v) is 2.26. The van der Waals surface area contributed by atoms with Crippen molar-refractivity contribution in [3.05, 3.63) is 65.2 Å². The number of amides is 1. The number of para-hydroxylation sites is 1. The van der Waals surface area contributed by atoms with Crippen molar-refractivity contribution < 1.29 is 9.53 Å². The summed E-state index contributed by atoms with van der Waals surface area (Å²) in [6.07, 6.45) is 2.49. The molecule has 0 aromatic heterocycles. The van der Waals surface area contributed by atoms with Gasteiger partial charge >= 0.3 is 0 Å². The van der Waals surface area contributed by atoms with Crippen molar-refractivity contribution in [1.82, 2.24) is 5.43 Å². The van der Waals surface area contributed by atoms with Crippen LogP contribution in [0.2, 0.25) is 0 Å². The van der Waals surface area contributed by atoms with Gasteiger partial charge in [-0.15, -0.1) is 0 Å². The third-order valence-corrected chi connectivity index (χ3v) is 3.72. The molecule has 4 nitrogen and oxygen atoms in total. The highest BCUT2D eigenvalue weighted by Gasteiger charge is 2.04. The zero-order valence-corrected chi connectivity index (χ0v) is 14.5. The Hall–Kier alpha value is -2.62. The summed E-state index contributed by atoms with van der Waals surface area (Å²) in [7, 11) is 0. The second-order valence-electron chi connectivity index (χ2n) is 5.86. The molecule has 2 rings (SSSR count). The number of carbonyl (C=O) groups is 1. The summed E-state index contributed by atoms with van der Waals surface area (Å²) in [5.41, 5.74) is 5.78. The number of hydrogen-bond donors (Lipinski definition) is 1. The maximum Gasteiger partial charge on any atom is 0.277 e. The second kappa shape index (κ2) is 8.87. The van der Waals surface area contributed by atoms with Crippen LogP contribution in [0.3, 0.4) is 0 Å². The van der Waals surface area contributed by atoms with E-state index >= 15 is 0 Å². The van der Waals surface area contributed by atoms with E-state index < -0.39 is 0 Å². The van der Waals surface area contributed by atoms with Crippen LogP contribution in [0.25, 0.3) is 0 Å². The van der Waals surface area contributed by atoms with Gasteiger partial charge in [-0.1, -0.05) is 63.2 Å². The quantitative estimate of drug-likeness (QED) is 0.620. The van der Waals surface area contributed by atoms with Crippen LogP contribution in [0.4, 0.5) is 0 Å². The van der Waals surface area contributed by atoms with E-state index in [1.165, 1.54) is 5.56 Å². The predicted molar refractivity (Wildman–Crippen MR) is 97.6 cm³/mol. The highest BCUT2D eigenvalue weighted by molar-refractivity contribution is 5.82. The number of benzene rings is 2. The lowest BCUT2D eigenvalue weighted by Crippen LogP contribution is -2.24. The first kappa shape index (κ1) is 17.7. The number of aryl methyl sites for hydroxylation is 1. The van der Waals surface area contributed by atoms with E-state index in [2.05, 4.69) is 43.4 Å². The van der Waals surface area contributed by atoms with Crippen LogP contribution in [0.1, 0.15) is 43.4 Å². The summed E-state index contributed by atoms with van der Waals surface area (Å²) in [6, 6.07) is 15.8. The standard InChI is InChI=1S/C20H24N2O2/c1-4-17-7-5-6-8-19(17)24-14-20(23)22-21-13-16-9-11-18(12-10-16)15(2)3/h5-13,15H,4,14H2,1-3H3,(H,22,23)/b21-13-. The van der Waals surface area contributed by atoms with Gasteiger partial charge < -0.3 is 4.74 Å². The summed E-state index contributed by atoms with van der Waals surface area (Å²) in [4.78, 5) is 11.8. The molecule has 0 aliphatic rings. The van der Waals surface area contributed by atoms with Crippen molar-refractivity contribution >= 4 is 12.1 Å². The summed E-state index contributed by atoms with van der Waals surface area (Å²) in [5, 5.41) is 3.97. The second-order valence-corrected chi connectivity index (χ2v) is 5.86. The molecule has 4 heteroatoms. The van der Waals surface area contributed by atoms with Gasteiger partial charge in [0.15, 0.2) is 6.61 Å². The van der Waals surface area contributed by atoms with Gasteiger partial charge in [0.2, 0.25) is 0 Å². The maximum absolute atomic E-state index is 11.8. The van der Waals surface area contributed by atoms with E-state index in [1.807, 2.05) is 36.4 Å². The minimum Gasteiger partial charge on any atom is -0.483 e. The number of ether oxygens (including phenoxy) is 1. The van der Waals surface area contributed by atoms with E-state index in [9.17, 15) is 4.79 Å². The molecule has 0 atom stereocenters. The van der Waals surface area contributed by atoms with Crippen molar-refractivity contribution in [2.45, 2.75) is 33.1 Å². The molecule has 0 spiro atoms. The van der Waals surface area contributed by atoms with E-state index in [-0.39, 0.29) is 12.5 Å². The number of hydrazone groups is 1. The Morgan fingerprint density at radius 3 is 2.54 bits per heavy atom. The molecule has 0 aliphatic carbocycles. The van der Waals surface area contributed by atoms with E-state index in [4.69, 9.17) is 4.74 Å². The van der Waals surface area contributed by atoms with Crippen LogP contribution in [-0.4, -0.2) is 18.7 Å². The number of carbonyl (C=O) groups excluding carboxylic acids is 1. The summed E-state index contributed by atoms with van der Waals surface area (Å²) in [6.45, 7) is 6.30. The van der Waals surface area contributed by atoms with Crippen molar-refractivity contribution in [3.63, 3.8) is 0 Å². The van der Waals surface area contributed by atoms with E-state index in [1.54, 1.807) is 6.21 Å². The third kappa shape index (κ3) is 5.23. The Bertz CT molecular complexity index is 691. The van der Waals surface area contributed by atoms with Gasteiger partial charge in [-0.3, -0.25) is 4.79 Å². The molecule has 0 heterocycles. The third-order valence-electron chi connectivity index (χ3n) is 3.72. The molecular formula is C20H24N2O2. The molecule has 0 unspecified atom stereocenters. The molecule has 0 fully saturated rings. The summed E-state index contributed by atoms with van der Waals surface area (Å²) < 4.78 is 5.55. The number of nitrogens with one attached hydrogen (secondary N) is 1. The van der Waals surface area contributed by atoms with Gasteiger partial charge in [0, 0.05) is 0 Å². The van der Waals surface area contributed by atoms with Gasteiger partial charge in [-0.05, 0) is 35.1 Å².